The van der Waals surface area contributed by atoms with E-state index in [0.717, 1.165) is 34.1 Å². The average molecular weight is 349 g/mol. The molecule has 1 N–H and O–H groups in total. The fourth-order valence-corrected chi connectivity index (χ4v) is 3.08. The molecular formula is C12H15BrClN3S. The van der Waals surface area contributed by atoms with Crippen molar-refractivity contribution in [2.45, 2.75) is 26.9 Å². The molecule has 2 rings (SSSR count). The number of nitrogens with one attached hydrogen (secondary N) is 1. The average Bonchev–Trinajstić information content (AvgIpc) is 2.85. The molecule has 0 amide bonds. The SMILES string of the molecule is Cc1nn(CCNCc2ccc(Cl)s2)c(C)c1Br. The summed E-state index contributed by atoms with van der Waals surface area (Å²) in [5.74, 6) is 0. The molecule has 0 spiro atoms. The van der Waals surface area contributed by atoms with Crippen LogP contribution in [0.5, 0.6) is 0 Å². The lowest BCUT2D eigenvalue weighted by Gasteiger charge is -2.05. The zero-order valence-electron chi connectivity index (χ0n) is 10.3. The van der Waals surface area contributed by atoms with Crippen molar-refractivity contribution in [2.75, 3.05) is 6.54 Å². The van der Waals surface area contributed by atoms with Gasteiger partial charge >= 0.3 is 0 Å². The second-order valence-corrected chi connectivity index (χ2v) is 6.68. The van der Waals surface area contributed by atoms with Crippen LogP contribution in [-0.4, -0.2) is 16.3 Å². The van der Waals surface area contributed by atoms with Crippen molar-refractivity contribution in [1.82, 2.24) is 15.1 Å². The smallest absolute Gasteiger partial charge is 0.0931 e. The monoisotopic (exact) mass is 347 g/mol. The maximum atomic E-state index is 5.88. The van der Waals surface area contributed by atoms with Gasteiger partial charge in [0, 0.05) is 23.7 Å². The van der Waals surface area contributed by atoms with Crippen molar-refractivity contribution in [3.05, 3.63) is 37.2 Å². The van der Waals surface area contributed by atoms with Crippen LogP contribution in [0.2, 0.25) is 4.34 Å². The molecule has 0 unspecified atom stereocenters. The van der Waals surface area contributed by atoms with Gasteiger partial charge in [0.1, 0.15) is 0 Å². The van der Waals surface area contributed by atoms with Crippen LogP contribution in [0.25, 0.3) is 0 Å². The maximum Gasteiger partial charge on any atom is 0.0931 e. The Morgan fingerprint density at radius 1 is 1.44 bits per heavy atom. The molecule has 2 aromatic heterocycles. The van der Waals surface area contributed by atoms with Gasteiger partial charge in [-0.3, -0.25) is 4.68 Å². The zero-order valence-corrected chi connectivity index (χ0v) is 13.5. The summed E-state index contributed by atoms with van der Waals surface area (Å²) in [5, 5.41) is 7.86. The van der Waals surface area contributed by atoms with E-state index in [9.17, 15) is 0 Å². The molecule has 98 valence electrons. The van der Waals surface area contributed by atoms with Gasteiger partial charge in [0.2, 0.25) is 0 Å². The second-order valence-electron chi connectivity index (χ2n) is 4.09. The molecule has 0 fully saturated rings. The number of halogens is 2. The Hall–Kier alpha value is -0.360. The Bertz CT molecular complexity index is 535. The Morgan fingerprint density at radius 3 is 2.78 bits per heavy atom. The van der Waals surface area contributed by atoms with Gasteiger partial charge < -0.3 is 5.32 Å². The number of hydrogen-bond acceptors (Lipinski definition) is 3. The summed E-state index contributed by atoms with van der Waals surface area (Å²) in [7, 11) is 0. The molecular weight excluding hydrogens is 334 g/mol. The highest BCUT2D eigenvalue weighted by Gasteiger charge is 2.07. The van der Waals surface area contributed by atoms with Gasteiger partial charge in [-0.25, -0.2) is 0 Å². The molecule has 6 heteroatoms. The summed E-state index contributed by atoms with van der Waals surface area (Å²) in [5.41, 5.74) is 2.21. The van der Waals surface area contributed by atoms with Gasteiger partial charge in [0.25, 0.3) is 0 Å². The molecule has 0 aliphatic heterocycles. The highest BCUT2D eigenvalue weighted by Crippen LogP contribution is 2.21. The first kappa shape index (κ1) is 14.1. The summed E-state index contributed by atoms with van der Waals surface area (Å²) in [4.78, 5) is 1.26. The fourth-order valence-electron chi connectivity index (χ4n) is 1.74. The van der Waals surface area contributed by atoms with Crippen LogP contribution in [0, 0.1) is 13.8 Å². The van der Waals surface area contributed by atoms with Crippen molar-refractivity contribution in [3.63, 3.8) is 0 Å². The van der Waals surface area contributed by atoms with Crippen LogP contribution in [0.1, 0.15) is 16.3 Å². The number of thiophene rings is 1. The van der Waals surface area contributed by atoms with Crippen molar-refractivity contribution in [2.24, 2.45) is 0 Å². The molecule has 2 aromatic rings. The predicted molar refractivity (Wildman–Crippen MR) is 80.4 cm³/mol. The molecule has 3 nitrogen and oxygen atoms in total. The number of aryl methyl sites for hydroxylation is 1. The minimum atomic E-state index is 0.842. The summed E-state index contributed by atoms with van der Waals surface area (Å²) in [6.45, 7) is 6.71. The summed E-state index contributed by atoms with van der Waals surface area (Å²) < 4.78 is 3.97. The van der Waals surface area contributed by atoms with Gasteiger partial charge in [-0.1, -0.05) is 11.6 Å². The largest absolute Gasteiger partial charge is 0.310 e. The van der Waals surface area contributed by atoms with Crippen molar-refractivity contribution in [3.8, 4) is 0 Å². The van der Waals surface area contributed by atoms with Crippen LogP contribution in [0.15, 0.2) is 16.6 Å². The molecule has 0 bridgehead atoms. The van der Waals surface area contributed by atoms with Gasteiger partial charge in [0.15, 0.2) is 0 Å². The predicted octanol–water partition coefficient (Wildman–Crippen LogP) is 3.77. The lowest BCUT2D eigenvalue weighted by atomic mass is 10.4. The molecule has 0 atom stereocenters. The molecule has 0 radical (unpaired) electrons. The summed E-state index contributed by atoms with van der Waals surface area (Å²) in [6.07, 6.45) is 0. The first-order valence-electron chi connectivity index (χ1n) is 5.72. The van der Waals surface area contributed by atoms with E-state index in [-0.39, 0.29) is 0 Å². The maximum absolute atomic E-state index is 5.88. The van der Waals surface area contributed by atoms with Crippen molar-refractivity contribution >= 4 is 38.9 Å². The molecule has 0 aliphatic rings. The topological polar surface area (TPSA) is 29.9 Å². The number of hydrogen-bond donors (Lipinski definition) is 1. The van der Waals surface area contributed by atoms with E-state index in [1.54, 1.807) is 11.3 Å². The van der Waals surface area contributed by atoms with E-state index >= 15 is 0 Å². The van der Waals surface area contributed by atoms with Crippen molar-refractivity contribution in [1.29, 1.82) is 0 Å². The van der Waals surface area contributed by atoms with E-state index in [2.05, 4.69) is 39.3 Å². The third kappa shape index (κ3) is 3.35. The quantitative estimate of drug-likeness (QED) is 0.834. The van der Waals surface area contributed by atoms with Crippen LogP contribution in [0.3, 0.4) is 0 Å². The Labute approximate surface area is 124 Å². The van der Waals surface area contributed by atoms with Crippen LogP contribution in [0.4, 0.5) is 0 Å². The Kier molecular flexibility index (Phi) is 4.84. The van der Waals surface area contributed by atoms with E-state index in [0.29, 0.717) is 0 Å². The van der Waals surface area contributed by atoms with Crippen LogP contribution >= 0.6 is 38.9 Å². The second kappa shape index (κ2) is 6.19. The fraction of sp³-hybridized carbons (Fsp3) is 0.417. The number of aromatic nitrogens is 2. The van der Waals surface area contributed by atoms with E-state index < -0.39 is 0 Å². The van der Waals surface area contributed by atoms with Crippen LogP contribution < -0.4 is 5.32 Å². The zero-order chi connectivity index (χ0) is 13.1. The minimum absolute atomic E-state index is 0.842. The Balaban J connectivity index is 1.80. The standard InChI is InChI=1S/C12H15BrClN3S/c1-8-12(13)9(2)17(16-8)6-5-15-7-10-3-4-11(14)18-10/h3-4,15H,5-7H2,1-2H3. The van der Waals surface area contributed by atoms with Crippen molar-refractivity contribution < 1.29 is 0 Å². The minimum Gasteiger partial charge on any atom is -0.310 e. The summed E-state index contributed by atoms with van der Waals surface area (Å²) in [6, 6.07) is 3.99. The van der Waals surface area contributed by atoms with Gasteiger partial charge in [-0.15, -0.1) is 11.3 Å². The molecule has 2 heterocycles. The van der Waals surface area contributed by atoms with E-state index in [1.807, 2.05) is 17.7 Å². The third-order valence-corrected chi connectivity index (χ3v) is 5.10. The molecule has 0 saturated heterocycles. The first-order chi connectivity index (χ1) is 8.58. The van der Waals surface area contributed by atoms with Gasteiger partial charge in [-0.05, 0) is 41.9 Å². The van der Waals surface area contributed by atoms with E-state index in [1.165, 1.54) is 10.6 Å². The lowest BCUT2D eigenvalue weighted by Crippen LogP contribution is -2.20. The first-order valence-corrected chi connectivity index (χ1v) is 7.71. The van der Waals surface area contributed by atoms with E-state index in [4.69, 9.17) is 11.6 Å². The number of rotatable bonds is 5. The Morgan fingerprint density at radius 2 is 2.22 bits per heavy atom. The van der Waals surface area contributed by atoms with Crippen LogP contribution in [-0.2, 0) is 13.1 Å². The molecule has 0 saturated carbocycles. The highest BCUT2D eigenvalue weighted by molar-refractivity contribution is 9.10. The van der Waals surface area contributed by atoms with Gasteiger partial charge in [0.05, 0.1) is 21.0 Å². The molecule has 0 aromatic carbocycles. The lowest BCUT2D eigenvalue weighted by molar-refractivity contribution is 0.544. The number of nitrogens with zero attached hydrogens (tertiary/aromatic N) is 2. The summed E-state index contributed by atoms with van der Waals surface area (Å²) >= 11 is 11.0. The highest BCUT2D eigenvalue weighted by atomic mass is 79.9. The molecule has 0 aliphatic carbocycles. The van der Waals surface area contributed by atoms with Gasteiger partial charge in [-0.2, -0.15) is 5.10 Å². The normalized spacial score (nSPS) is 11.1. The third-order valence-electron chi connectivity index (χ3n) is 2.72. The molecule has 18 heavy (non-hydrogen) atoms.